The van der Waals surface area contributed by atoms with Crippen LogP contribution in [0, 0.1) is 6.92 Å². The van der Waals surface area contributed by atoms with E-state index in [2.05, 4.69) is 4.98 Å². The molecule has 0 amide bonds. The minimum atomic E-state index is -0.734. The van der Waals surface area contributed by atoms with Crippen molar-refractivity contribution in [3.63, 3.8) is 0 Å². The second kappa shape index (κ2) is 3.88. The smallest absolute Gasteiger partial charge is 0.326 e. The van der Waals surface area contributed by atoms with Crippen molar-refractivity contribution in [2.24, 2.45) is 0 Å². The van der Waals surface area contributed by atoms with Crippen LogP contribution in [0.5, 0.6) is 0 Å². The van der Waals surface area contributed by atoms with E-state index < -0.39 is 5.97 Å². The van der Waals surface area contributed by atoms with Crippen molar-refractivity contribution >= 4 is 11.7 Å². The Morgan fingerprint density at radius 3 is 3.13 bits per heavy atom. The van der Waals surface area contributed by atoms with Gasteiger partial charge in [-0.05, 0) is 31.9 Å². The van der Waals surface area contributed by atoms with Gasteiger partial charge in [-0.1, -0.05) is 0 Å². The molecule has 0 bridgehead atoms. The molecule has 1 fully saturated rings. The van der Waals surface area contributed by atoms with E-state index in [1.165, 1.54) is 0 Å². The van der Waals surface area contributed by atoms with Crippen LogP contribution in [-0.2, 0) is 4.79 Å². The highest BCUT2D eigenvalue weighted by Crippen LogP contribution is 2.25. The largest absolute Gasteiger partial charge is 0.480 e. The van der Waals surface area contributed by atoms with Gasteiger partial charge >= 0.3 is 5.97 Å². The van der Waals surface area contributed by atoms with Crippen LogP contribution in [0.2, 0.25) is 0 Å². The quantitative estimate of drug-likeness (QED) is 0.795. The molecule has 15 heavy (non-hydrogen) atoms. The summed E-state index contributed by atoms with van der Waals surface area (Å²) in [7, 11) is 0. The highest BCUT2D eigenvalue weighted by molar-refractivity contribution is 5.78. The summed E-state index contributed by atoms with van der Waals surface area (Å²) in [6, 6.07) is 3.43. The molecule has 1 atom stereocenters. The van der Waals surface area contributed by atoms with Crippen molar-refractivity contribution < 1.29 is 9.90 Å². The summed E-state index contributed by atoms with van der Waals surface area (Å²) in [6.07, 6.45) is 3.40. The lowest BCUT2D eigenvalue weighted by Gasteiger charge is -2.23. The second-order valence-corrected chi connectivity index (χ2v) is 3.85. The van der Waals surface area contributed by atoms with Crippen LogP contribution in [0.25, 0.3) is 0 Å². The lowest BCUT2D eigenvalue weighted by Crippen LogP contribution is -2.35. The molecule has 1 N–H and O–H groups in total. The third-order valence-electron chi connectivity index (χ3n) is 2.75. The van der Waals surface area contributed by atoms with Gasteiger partial charge in [0, 0.05) is 24.1 Å². The zero-order valence-corrected chi connectivity index (χ0v) is 8.68. The maximum Gasteiger partial charge on any atom is 0.326 e. The average Bonchev–Trinajstić information content (AvgIpc) is 2.65. The molecule has 1 aromatic heterocycles. The number of hydrogen-bond donors (Lipinski definition) is 1. The molecule has 0 spiro atoms. The van der Waals surface area contributed by atoms with Crippen LogP contribution < -0.4 is 4.90 Å². The van der Waals surface area contributed by atoms with Gasteiger partial charge in [0.1, 0.15) is 6.04 Å². The number of carboxylic acid groups (broad SMARTS) is 1. The van der Waals surface area contributed by atoms with E-state index in [-0.39, 0.29) is 6.04 Å². The van der Waals surface area contributed by atoms with E-state index in [9.17, 15) is 4.79 Å². The van der Waals surface area contributed by atoms with E-state index in [0.717, 1.165) is 30.8 Å². The van der Waals surface area contributed by atoms with Crippen molar-refractivity contribution in [1.29, 1.82) is 0 Å². The number of aliphatic carboxylic acids is 1. The molecule has 1 aromatic rings. The number of anilines is 1. The molecular weight excluding hydrogens is 192 g/mol. The Hall–Kier alpha value is -1.58. The minimum absolute atomic E-state index is 0.369. The normalized spacial score (nSPS) is 20.6. The topological polar surface area (TPSA) is 53.4 Å². The molecule has 2 heterocycles. The van der Waals surface area contributed by atoms with Gasteiger partial charge in [0.25, 0.3) is 0 Å². The van der Waals surface area contributed by atoms with Crippen molar-refractivity contribution in [1.82, 2.24) is 4.98 Å². The number of hydrogen-bond acceptors (Lipinski definition) is 3. The molecule has 0 radical (unpaired) electrons. The fourth-order valence-corrected chi connectivity index (χ4v) is 2.04. The Labute approximate surface area is 88.6 Å². The first kappa shape index (κ1) is 9.96. The number of nitrogens with zero attached hydrogens (tertiary/aromatic N) is 2. The van der Waals surface area contributed by atoms with E-state index in [1.54, 1.807) is 6.20 Å². The summed E-state index contributed by atoms with van der Waals surface area (Å²) in [6.45, 7) is 2.73. The predicted octanol–water partition coefficient (Wildman–Crippen LogP) is 1.44. The van der Waals surface area contributed by atoms with Crippen LogP contribution in [-0.4, -0.2) is 28.6 Å². The number of pyridine rings is 1. The molecule has 0 saturated carbocycles. The van der Waals surface area contributed by atoms with Gasteiger partial charge in [0.15, 0.2) is 0 Å². The first-order valence-corrected chi connectivity index (χ1v) is 5.10. The molecular formula is C11H14N2O2. The molecule has 4 nitrogen and oxygen atoms in total. The van der Waals surface area contributed by atoms with Crippen molar-refractivity contribution in [3.05, 3.63) is 24.0 Å². The molecule has 0 aromatic carbocycles. The zero-order chi connectivity index (χ0) is 10.8. The SMILES string of the molecule is Cc1cc(N2CCC[C@H]2C(=O)O)ccn1. The fourth-order valence-electron chi connectivity index (χ4n) is 2.04. The first-order chi connectivity index (χ1) is 7.18. The Morgan fingerprint density at radius 1 is 1.67 bits per heavy atom. The highest BCUT2D eigenvalue weighted by Gasteiger charge is 2.30. The van der Waals surface area contributed by atoms with Gasteiger partial charge in [0.05, 0.1) is 0 Å². The molecule has 2 rings (SSSR count). The standard InChI is InChI=1S/C11H14N2O2/c1-8-7-9(4-5-12-8)13-6-2-3-10(13)11(14)15/h4-5,7,10H,2-3,6H2,1H3,(H,14,15)/t10-/m0/s1. The Kier molecular flexibility index (Phi) is 2.58. The molecule has 0 unspecified atom stereocenters. The monoisotopic (exact) mass is 206 g/mol. The van der Waals surface area contributed by atoms with Gasteiger partial charge in [-0.15, -0.1) is 0 Å². The van der Waals surface area contributed by atoms with Crippen LogP contribution in [0.1, 0.15) is 18.5 Å². The summed E-state index contributed by atoms with van der Waals surface area (Å²) in [4.78, 5) is 17.1. The summed E-state index contributed by atoms with van der Waals surface area (Å²) in [5.74, 6) is -0.734. The predicted molar refractivity (Wildman–Crippen MR) is 57.0 cm³/mol. The molecule has 1 aliphatic heterocycles. The van der Waals surface area contributed by atoms with Gasteiger partial charge in [0.2, 0.25) is 0 Å². The molecule has 1 aliphatic rings. The van der Waals surface area contributed by atoms with Gasteiger partial charge in [-0.3, -0.25) is 4.98 Å². The average molecular weight is 206 g/mol. The lowest BCUT2D eigenvalue weighted by atomic mass is 10.2. The molecule has 80 valence electrons. The summed E-state index contributed by atoms with van der Waals surface area (Å²) >= 11 is 0. The van der Waals surface area contributed by atoms with E-state index in [4.69, 9.17) is 5.11 Å². The Bertz CT molecular complexity index is 379. The van der Waals surface area contributed by atoms with Crippen molar-refractivity contribution in [2.45, 2.75) is 25.8 Å². The highest BCUT2D eigenvalue weighted by atomic mass is 16.4. The third kappa shape index (κ3) is 1.93. The third-order valence-corrected chi connectivity index (χ3v) is 2.75. The zero-order valence-electron chi connectivity index (χ0n) is 8.68. The van der Waals surface area contributed by atoms with E-state index in [1.807, 2.05) is 24.0 Å². The number of aryl methyl sites for hydroxylation is 1. The van der Waals surface area contributed by atoms with Gasteiger partial charge in [-0.25, -0.2) is 4.79 Å². The summed E-state index contributed by atoms with van der Waals surface area (Å²) in [5, 5.41) is 9.06. The molecule has 4 heteroatoms. The van der Waals surface area contributed by atoms with Crippen LogP contribution in [0.3, 0.4) is 0 Å². The van der Waals surface area contributed by atoms with Gasteiger partial charge in [-0.2, -0.15) is 0 Å². The van der Waals surface area contributed by atoms with Crippen LogP contribution in [0.4, 0.5) is 5.69 Å². The molecule has 1 saturated heterocycles. The number of carboxylic acids is 1. The maximum atomic E-state index is 11.0. The lowest BCUT2D eigenvalue weighted by molar-refractivity contribution is -0.138. The van der Waals surface area contributed by atoms with E-state index in [0.29, 0.717) is 0 Å². The maximum absolute atomic E-state index is 11.0. The molecule has 0 aliphatic carbocycles. The van der Waals surface area contributed by atoms with Crippen molar-refractivity contribution in [2.75, 3.05) is 11.4 Å². The van der Waals surface area contributed by atoms with E-state index >= 15 is 0 Å². The van der Waals surface area contributed by atoms with Gasteiger partial charge < -0.3 is 10.0 Å². The number of aromatic nitrogens is 1. The van der Waals surface area contributed by atoms with Crippen LogP contribution >= 0.6 is 0 Å². The fraction of sp³-hybridized carbons (Fsp3) is 0.455. The Balaban J connectivity index is 2.26. The first-order valence-electron chi connectivity index (χ1n) is 5.10. The number of carbonyl (C=O) groups is 1. The van der Waals surface area contributed by atoms with Crippen LogP contribution in [0.15, 0.2) is 18.3 Å². The summed E-state index contributed by atoms with van der Waals surface area (Å²) < 4.78 is 0. The van der Waals surface area contributed by atoms with Crippen molar-refractivity contribution in [3.8, 4) is 0 Å². The minimum Gasteiger partial charge on any atom is -0.480 e. The summed E-state index contributed by atoms with van der Waals surface area (Å²) in [5.41, 5.74) is 1.89. The number of rotatable bonds is 2. The second-order valence-electron chi connectivity index (χ2n) is 3.85. The Morgan fingerprint density at radius 2 is 2.47 bits per heavy atom.